The third-order valence-corrected chi connectivity index (χ3v) is 6.86. The molecule has 0 radical (unpaired) electrons. The molecule has 1 heterocycles. The van der Waals surface area contributed by atoms with Crippen molar-refractivity contribution in [3.05, 3.63) is 72.3 Å². The number of aryl methyl sites for hydroxylation is 1. The van der Waals surface area contributed by atoms with Gasteiger partial charge in [0.05, 0.1) is 23.1 Å². The first-order chi connectivity index (χ1) is 16.0. The zero-order valence-corrected chi connectivity index (χ0v) is 19.7. The van der Waals surface area contributed by atoms with Crippen molar-refractivity contribution >= 4 is 62.3 Å². The van der Waals surface area contributed by atoms with Crippen molar-refractivity contribution in [3.8, 4) is 5.75 Å². The summed E-state index contributed by atoms with van der Waals surface area (Å²) in [6.07, 6.45) is 0. The number of carbonyl (C=O) groups is 2. The molecule has 3 N–H and O–H groups in total. The van der Waals surface area contributed by atoms with E-state index in [2.05, 4.69) is 20.9 Å². The third kappa shape index (κ3) is 6.03. The summed E-state index contributed by atoms with van der Waals surface area (Å²) in [4.78, 5) is 29.2. The van der Waals surface area contributed by atoms with E-state index in [9.17, 15) is 9.59 Å². The lowest BCUT2D eigenvalue weighted by atomic mass is 10.2. The first kappa shape index (κ1) is 22.6. The number of methoxy groups -OCH3 is 1. The molecule has 9 heteroatoms. The van der Waals surface area contributed by atoms with E-state index in [4.69, 9.17) is 4.74 Å². The van der Waals surface area contributed by atoms with Crippen LogP contribution in [0.15, 0.2) is 71.1 Å². The number of nitrogens with zero attached hydrogens (tertiary/aromatic N) is 1. The minimum Gasteiger partial charge on any atom is -0.497 e. The van der Waals surface area contributed by atoms with Crippen LogP contribution >= 0.6 is 23.1 Å². The molecule has 4 rings (SSSR count). The number of anilines is 3. The molecule has 1 aromatic heterocycles. The molecule has 0 aliphatic rings. The maximum absolute atomic E-state index is 12.4. The van der Waals surface area contributed by atoms with Crippen molar-refractivity contribution < 1.29 is 14.3 Å². The van der Waals surface area contributed by atoms with Crippen LogP contribution in [0, 0.1) is 6.92 Å². The van der Waals surface area contributed by atoms with Gasteiger partial charge in [-0.15, -0.1) is 11.3 Å². The SMILES string of the molecule is COc1cccc(NC(=O)CSc2nc3ccc(NC(=O)Nc4ccccc4C)cc3s2)c1. The smallest absolute Gasteiger partial charge is 0.323 e. The molecule has 0 saturated heterocycles. The van der Waals surface area contributed by atoms with Gasteiger partial charge in [-0.1, -0.05) is 36.0 Å². The molecule has 0 fully saturated rings. The Hall–Kier alpha value is -3.56. The molecular weight excluding hydrogens is 456 g/mol. The van der Waals surface area contributed by atoms with E-state index in [0.717, 1.165) is 25.8 Å². The second kappa shape index (κ2) is 10.4. The van der Waals surface area contributed by atoms with Gasteiger partial charge in [0, 0.05) is 23.1 Å². The molecule has 0 saturated carbocycles. The average Bonchev–Trinajstić information content (AvgIpc) is 3.21. The highest BCUT2D eigenvalue weighted by molar-refractivity contribution is 8.01. The Morgan fingerprint density at radius 1 is 0.970 bits per heavy atom. The second-order valence-electron chi connectivity index (χ2n) is 7.13. The number of thiazole rings is 1. The van der Waals surface area contributed by atoms with Gasteiger partial charge in [-0.3, -0.25) is 4.79 Å². The minimum absolute atomic E-state index is 0.122. The van der Waals surface area contributed by atoms with Crippen molar-refractivity contribution in [1.29, 1.82) is 0 Å². The van der Waals surface area contributed by atoms with Gasteiger partial charge in [-0.05, 0) is 48.9 Å². The molecule has 3 amide bonds. The Labute approximate surface area is 199 Å². The summed E-state index contributed by atoms with van der Waals surface area (Å²) in [5.41, 5.74) is 3.93. The number of hydrogen-bond acceptors (Lipinski definition) is 6. The van der Waals surface area contributed by atoms with Gasteiger partial charge in [-0.2, -0.15) is 0 Å². The van der Waals surface area contributed by atoms with E-state index in [0.29, 0.717) is 17.1 Å². The number of hydrogen-bond donors (Lipinski definition) is 3. The summed E-state index contributed by atoms with van der Waals surface area (Å²) in [5.74, 6) is 0.799. The Morgan fingerprint density at radius 2 is 1.79 bits per heavy atom. The molecule has 0 atom stereocenters. The van der Waals surface area contributed by atoms with Crippen molar-refractivity contribution in [2.24, 2.45) is 0 Å². The van der Waals surface area contributed by atoms with Crippen molar-refractivity contribution in [1.82, 2.24) is 4.98 Å². The molecule has 0 bridgehead atoms. The molecule has 0 unspecified atom stereocenters. The number of urea groups is 1. The molecule has 3 aromatic carbocycles. The Balaban J connectivity index is 1.35. The minimum atomic E-state index is -0.308. The highest BCUT2D eigenvalue weighted by Gasteiger charge is 2.11. The fourth-order valence-electron chi connectivity index (χ4n) is 3.07. The van der Waals surface area contributed by atoms with Crippen molar-refractivity contribution in [3.63, 3.8) is 0 Å². The van der Waals surface area contributed by atoms with Gasteiger partial charge in [-0.25, -0.2) is 9.78 Å². The second-order valence-corrected chi connectivity index (χ2v) is 9.38. The van der Waals surface area contributed by atoms with Gasteiger partial charge in [0.15, 0.2) is 4.34 Å². The van der Waals surface area contributed by atoms with Crippen LogP contribution in [0.4, 0.5) is 21.9 Å². The summed E-state index contributed by atoms with van der Waals surface area (Å²) < 4.78 is 6.89. The van der Waals surface area contributed by atoms with Crippen LogP contribution in [0.5, 0.6) is 5.75 Å². The summed E-state index contributed by atoms with van der Waals surface area (Å²) in [7, 11) is 1.58. The number of fused-ring (bicyclic) bond motifs is 1. The molecule has 0 spiro atoms. The monoisotopic (exact) mass is 478 g/mol. The molecule has 4 aromatic rings. The van der Waals surface area contributed by atoms with Crippen LogP contribution < -0.4 is 20.7 Å². The summed E-state index contributed by atoms with van der Waals surface area (Å²) in [5, 5.41) is 8.56. The van der Waals surface area contributed by atoms with Gasteiger partial charge in [0.1, 0.15) is 5.75 Å². The summed E-state index contributed by atoms with van der Waals surface area (Å²) in [6, 6.07) is 20.1. The maximum Gasteiger partial charge on any atom is 0.323 e. The molecule has 7 nitrogen and oxygen atoms in total. The number of carbonyl (C=O) groups excluding carboxylic acids is 2. The van der Waals surface area contributed by atoms with E-state index in [1.54, 1.807) is 13.2 Å². The largest absolute Gasteiger partial charge is 0.497 e. The zero-order valence-electron chi connectivity index (χ0n) is 18.0. The number of ether oxygens (including phenoxy) is 1. The highest BCUT2D eigenvalue weighted by Crippen LogP contribution is 2.31. The number of rotatable bonds is 7. The molecule has 168 valence electrons. The van der Waals surface area contributed by atoms with Gasteiger partial charge >= 0.3 is 6.03 Å². The lowest BCUT2D eigenvalue weighted by Gasteiger charge is -2.09. The third-order valence-electron chi connectivity index (χ3n) is 4.70. The van der Waals surface area contributed by atoms with Crippen LogP contribution in [0.1, 0.15) is 5.56 Å². The quantitative estimate of drug-likeness (QED) is 0.284. The van der Waals surface area contributed by atoms with Crippen molar-refractivity contribution in [2.75, 3.05) is 28.8 Å². The number of nitrogens with one attached hydrogen (secondary N) is 3. The Bertz CT molecular complexity index is 1310. The Morgan fingerprint density at radius 3 is 2.61 bits per heavy atom. The van der Waals surface area contributed by atoms with E-state index in [1.807, 2.05) is 67.6 Å². The lowest BCUT2D eigenvalue weighted by molar-refractivity contribution is -0.113. The predicted octanol–water partition coefficient (Wildman–Crippen LogP) is 5.99. The van der Waals surface area contributed by atoms with E-state index in [1.165, 1.54) is 23.1 Å². The standard InChI is InChI=1S/C24H22N4O3S2/c1-15-6-3-4-9-19(15)27-23(30)26-17-10-11-20-21(13-17)33-24(28-20)32-14-22(29)25-16-7-5-8-18(12-16)31-2/h3-13H,14H2,1-2H3,(H,25,29)(H2,26,27,30). The average molecular weight is 479 g/mol. The molecular formula is C24H22N4O3S2. The lowest BCUT2D eigenvalue weighted by Crippen LogP contribution is -2.19. The first-order valence-corrected chi connectivity index (χ1v) is 11.9. The van der Waals surface area contributed by atoms with E-state index < -0.39 is 0 Å². The summed E-state index contributed by atoms with van der Waals surface area (Å²) >= 11 is 2.85. The van der Waals surface area contributed by atoms with Crippen molar-refractivity contribution in [2.45, 2.75) is 11.3 Å². The normalized spacial score (nSPS) is 10.6. The van der Waals surface area contributed by atoms with E-state index in [-0.39, 0.29) is 17.7 Å². The summed E-state index contributed by atoms with van der Waals surface area (Å²) in [6.45, 7) is 1.94. The topological polar surface area (TPSA) is 92.3 Å². The molecule has 0 aliphatic heterocycles. The fourth-order valence-corrected chi connectivity index (χ4v) is 4.97. The highest BCUT2D eigenvalue weighted by atomic mass is 32.2. The van der Waals surface area contributed by atoms with Crippen LogP contribution in [0.3, 0.4) is 0 Å². The Kier molecular flexibility index (Phi) is 7.11. The van der Waals surface area contributed by atoms with E-state index >= 15 is 0 Å². The number of benzene rings is 3. The van der Waals surface area contributed by atoms with Gasteiger partial charge in [0.25, 0.3) is 0 Å². The van der Waals surface area contributed by atoms with Crippen LogP contribution in [0.2, 0.25) is 0 Å². The first-order valence-electron chi connectivity index (χ1n) is 10.1. The molecule has 33 heavy (non-hydrogen) atoms. The van der Waals surface area contributed by atoms with Crippen LogP contribution in [-0.2, 0) is 4.79 Å². The van der Waals surface area contributed by atoms with Crippen LogP contribution in [-0.4, -0.2) is 29.8 Å². The molecule has 0 aliphatic carbocycles. The zero-order chi connectivity index (χ0) is 23.2. The number of thioether (sulfide) groups is 1. The number of aromatic nitrogens is 1. The maximum atomic E-state index is 12.4. The fraction of sp³-hybridized carbons (Fsp3) is 0.125. The van der Waals surface area contributed by atoms with Gasteiger partial charge < -0.3 is 20.7 Å². The number of amides is 3. The number of para-hydroxylation sites is 1. The predicted molar refractivity (Wildman–Crippen MR) is 136 cm³/mol. The van der Waals surface area contributed by atoms with Gasteiger partial charge in [0.2, 0.25) is 5.91 Å². The van der Waals surface area contributed by atoms with Crippen LogP contribution in [0.25, 0.3) is 10.2 Å².